The van der Waals surface area contributed by atoms with Crippen LogP contribution in [0, 0.1) is 6.92 Å². The molecule has 1 aromatic heterocycles. The molecule has 1 fully saturated rings. The van der Waals surface area contributed by atoms with Gasteiger partial charge < -0.3 is 10.2 Å². The molecule has 2 amide bonds. The molecule has 0 aliphatic carbocycles. The molecule has 2 heterocycles. The van der Waals surface area contributed by atoms with E-state index in [0.29, 0.717) is 16.1 Å². The van der Waals surface area contributed by atoms with Crippen molar-refractivity contribution in [2.75, 3.05) is 18.4 Å². The summed E-state index contributed by atoms with van der Waals surface area (Å²) in [5, 5.41) is 5.55. The fraction of sp³-hybridized carbons (Fsp3) is 0.217. The van der Waals surface area contributed by atoms with E-state index in [1.807, 2.05) is 59.7 Å². The third-order valence-electron chi connectivity index (χ3n) is 5.02. The Bertz CT molecular complexity index is 987. The van der Waals surface area contributed by atoms with Crippen LogP contribution >= 0.6 is 11.3 Å². The van der Waals surface area contributed by atoms with E-state index >= 15 is 0 Å². The van der Waals surface area contributed by atoms with E-state index in [1.165, 1.54) is 11.3 Å². The third kappa shape index (κ3) is 3.71. The van der Waals surface area contributed by atoms with E-state index in [1.54, 1.807) is 12.1 Å². The zero-order valence-electron chi connectivity index (χ0n) is 15.8. The van der Waals surface area contributed by atoms with Crippen molar-refractivity contribution in [2.45, 2.75) is 19.8 Å². The van der Waals surface area contributed by atoms with Gasteiger partial charge in [-0.2, -0.15) is 0 Å². The van der Waals surface area contributed by atoms with Gasteiger partial charge in [-0.15, -0.1) is 11.3 Å². The molecular weight excluding hydrogens is 368 g/mol. The van der Waals surface area contributed by atoms with Crippen LogP contribution in [0.3, 0.4) is 0 Å². The van der Waals surface area contributed by atoms with E-state index in [2.05, 4.69) is 5.32 Å². The minimum atomic E-state index is -0.197. The highest BCUT2D eigenvalue weighted by Crippen LogP contribution is 2.37. The Morgan fingerprint density at radius 3 is 2.32 bits per heavy atom. The van der Waals surface area contributed by atoms with Crippen molar-refractivity contribution in [3.63, 3.8) is 0 Å². The van der Waals surface area contributed by atoms with Crippen LogP contribution in [-0.4, -0.2) is 29.8 Å². The van der Waals surface area contributed by atoms with Gasteiger partial charge in [0.2, 0.25) is 0 Å². The van der Waals surface area contributed by atoms with E-state index in [4.69, 9.17) is 0 Å². The highest BCUT2D eigenvalue weighted by Gasteiger charge is 2.27. The molecule has 5 heteroatoms. The second-order valence-electron chi connectivity index (χ2n) is 7.04. The van der Waals surface area contributed by atoms with E-state index in [0.717, 1.165) is 42.6 Å². The number of nitrogens with zero attached hydrogens (tertiary/aromatic N) is 1. The molecule has 1 aliphatic heterocycles. The first-order chi connectivity index (χ1) is 13.6. The maximum Gasteiger partial charge on any atom is 0.257 e. The van der Waals surface area contributed by atoms with Crippen molar-refractivity contribution in [2.24, 2.45) is 0 Å². The largest absolute Gasteiger partial charge is 0.339 e. The van der Waals surface area contributed by atoms with Crippen molar-refractivity contribution >= 4 is 28.2 Å². The summed E-state index contributed by atoms with van der Waals surface area (Å²) in [4.78, 5) is 27.9. The Morgan fingerprint density at radius 2 is 1.64 bits per heavy atom. The molecule has 0 unspecified atom stereocenters. The van der Waals surface area contributed by atoms with Crippen LogP contribution in [0.2, 0.25) is 0 Å². The first-order valence-corrected chi connectivity index (χ1v) is 10.4. The summed E-state index contributed by atoms with van der Waals surface area (Å²) in [6, 6.07) is 17.3. The lowest BCUT2D eigenvalue weighted by Gasteiger charge is -2.17. The van der Waals surface area contributed by atoms with Crippen LogP contribution in [0.25, 0.3) is 11.1 Å². The minimum absolute atomic E-state index is 0.00295. The molecule has 4 nitrogen and oxygen atoms in total. The lowest BCUT2D eigenvalue weighted by atomic mass is 10.0. The smallest absolute Gasteiger partial charge is 0.257 e. The third-order valence-corrected chi connectivity index (χ3v) is 5.92. The molecule has 4 rings (SSSR count). The van der Waals surface area contributed by atoms with Gasteiger partial charge in [0.25, 0.3) is 11.8 Å². The summed E-state index contributed by atoms with van der Waals surface area (Å²) in [7, 11) is 0. The standard InChI is InChI=1S/C23H22N2O2S/c1-16-9-11-18(12-10-16)21(26)24-22-20(23(27)25-13-5-6-14-25)19(15-28-22)17-7-3-2-4-8-17/h2-4,7-12,15H,5-6,13-14H2,1H3,(H,24,26). The first-order valence-electron chi connectivity index (χ1n) is 9.47. The first kappa shape index (κ1) is 18.4. The number of hydrogen-bond acceptors (Lipinski definition) is 3. The fourth-order valence-corrected chi connectivity index (χ4v) is 4.41. The number of anilines is 1. The number of hydrogen-bond donors (Lipinski definition) is 1. The average molecular weight is 391 g/mol. The number of nitrogens with one attached hydrogen (secondary N) is 1. The van der Waals surface area contributed by atoms with Gasteiger partial charge in [-0.1, -0.05) is 48.0 Å². The number of benzene rings is 2. The van der Waals surface area contributed by atoms with Gasteiger partial charge in [-0.25, -0.2) is 0 Å². The zero-order chi connectivity index (χ0) is 19.5. The Balaban J connectivity index is 1.70. The number of carbonyl (C=O) groups is 2. The number of rotatable bonds is 4. The maximum atomic E-state index is 13.3. The van der Waals surface area contributed by atoms with Crippen molar-refractivity contribution in [3.05, 3.63) is 76.7 Å². The Morgan fingerprint density at radius 1 is 0.964 bits per heavy atom. The minimum Gasteiger partial charge on any atom is -0.339 e. The summed E-state index contributed by atoms with van der Waals surface area (Å²) in [6.45, 7) is 3.53. The summed E-state index contributed by atoms with van der Waals surface area (Å²) < 4.78 is 0. The van der Waals surface area contributed by atoms with E-state index in [-0.39, 0.29) is 11.8 Å². The zero-order valence-corrected chi connectivity index (χ0v) is 16.6. The van der Waals surface area contributed by atoms with Gasteiger partial charge in [0, 0.05) is 29.6 Å². The van der Waals surface area contributed by atoms with Gasteiger partial charge in [0.15, 0.2) is 0 Å². The molecular formula is C23H22N2O2S. The molecule has 1 N–H and O–H groups in total. The predicted molar refractivity (Wildman–Crippen MR) is 114 cm³/mol. The molecule has 0 atom stereocenters. The lowest BCUT2D eigenvalue weighted by Crippen LogP contribution is -2.28. The summed E-state index contributed by atoms with van der Waals surface area (Å²) >= 11 is 1.40. The maximum absolute atomic E-state index is 13.3. The predicted octanol–water partition coefficient (Wildman–Crippen LogP) is 5.21. The molecule has 1 aliphatic rings. The van der Waals surface area contributed by atoms with Crippen LogP contribution in [-0.2, 0) is 0 Å². The van der Waals surface area contributed by atoms with Crippen LogP contribution in [0.5, 0.6) is 0 Å². The van der Waals surface area contributed by atoms with E-state index in [9.17, 15) is 9.59 Å². The second kappa shape index (κ2) is 7.98. The molecule has 3 aromatic rings. The lowest BCUT2D eigenvalue weighted by molar-refractivity contribution is 0.0795. The van der Waals surface area contributed by atoms with Gasteiger partial charge in [-0.05, 0) is 37.5 Å². The number of aryl methyl sites for hydroxylation is 1. The Hall–Kier alpha value is -2.92. The van der Waals surface area contributed by atoms with Crippen LogP contribution < -0.4 is 5.32 Å². The van der Waals surface area contributed by atoms with Crippen LogP contribution in [0.4, 0.5) is 5.00 Å². The molecule has 0 spiro atoms. The van der Waals surface area contributed by atoms with Gasteiger partial charge >= 0.3 is 0 Å². The fourth-order valence-electron chi connectivity index (χ4n) is 3.45. The van der Waals surface area contributed by atoms with Crippen molar-refractivity contribution in [1.82, 2.24) is 4.90 Å². The SMILES string of the molecule is Cc1ccc(C(=O)Nc2scc(-c3ccccc3)c2C(=O)N2CCCC2)cc1. The van der Waals surface area contributed by atoms with Gasteiger partial charge in [0.05, 0.1) is 5.56 Å². The number of amides is 2. The molecule has 0 bridgehead atoms. The van der Waals surface area contributed by atoms with Crippen molar-refractivity contribution in [3.8, 4) is 11.1 Å². The summed E-state index contributed by atoms with van der Waals surface area (Å²) in [5.41, 5.74) is 4.14. The topological polar surface area (TPSA) is 49.4 Å². The monoisotopic (exact) mass is 390 g/mol. The Kier molecular flexibility index (Phi) is 5.26. The highest BCUT2D eigenvalue weighted by atomic mass is 32.1. The molecule has 1 saturated heterocycles. The second-order valence-corrected chi connectivity index (χ2v) is 7.92. The summed E-state index contributed by atoms with van der Waals surface area (Å²) in [5.74, 6) is -0.200. The molecule has 0 saturated carbocycles. The molecule has 28 heavy (non-hydrogen) atoms. The number of carbonyl (C=O) groups excluding carboxylic acids is 2. The summed E-state index contributed by atoms with van der Waals surface area (Å²) in [6.07, 6.45) is 2.06. The van der Waals surface area contributed by atoms with Crippen LogP contribution in [0.1, 0.15) is 39.1 Å². The van der Waals surface area contributed by atoms with Crippen molar-refractivity contribution in [1.29, 1.82) is 0 Å². The average Bonchev–Trinajstić information content (AvgIpc) is 3.39. The highest BCUT2D eigenvalue weighted by molar-refractivity contribution is 7.15. The van der Waals surface area contributed by atoms with Gasteiger partial charge in [0.1, 0.15) is 5.00 Å². The quantitative estimate of drug-likeness (QED) is 0.665. The number of thiophene rings is 1. The number of likely N-dealkylation sites (tertiary alicyclic amines) is 1. The van der Waals surface area contributed by atoms with Gasteiger partial charge in [-0.3, -0.25) is 9.59 Å². The molecule has 142 valence electrons. The van der Waals surface area contributed by atoms with Crippen molar-refractivity contribution < 1.29 is 9.59 Å². The molecule has 2 aromatic carbocycles. The van der Waals surface area contributed by atoms with E-state index < -0.39 is 0 Å². The molecule has 0 radical (unpaired) electrons. The Labute approximate surface area is 168 Å². The van der Waals surface area contributed by atoms with Crippen LogP contribution in [0.15, 0.2) is 60.0 Å². The normalized spacial score (nSPS) is 13.5.